The maximum absolute atomic E-state index is 12.9. The second-order valence-corrected chi connectivity index (χ2v) is 4.32. The normalized spacial score (nSPS) is 18.2. The molecule has 1 aliphatic heterocycles. The summed E-state index contributed by atoms with van der Waals surface area (Å²) in [6.07, 6.45) is 2.63. The predicted octanol–water partition coefficient (Wildman–Crippen LogP) is 1.66. The van der Waals surface area contributed by atoms with Gasteiger partial charge in [0.05, 0.1) is 6.04 Å². The Hall–Kier alpha value is -1.13. The van der Waals surface area contributed by atoms with Crippen molar-refractivity contribution in [3.63, 3.8) is 0 Å². The zero-order valence-electron chi connectivity index (χ0n) is 10.1. The Morgan fingerprint density at radius 1 is 1.50 bits per heavy atom. The molecule has 0 radical (unpaired) electrons. The number of carbonyl (C=O) groups is 1. The highest BCUT2D eigenvalue weighted by Gasteiger charge is 2.21. The van der Waals surface area contributed by atoms with Crippen molar-refractivity contribution in [1.82, 2.24) is 10.6 Å². The van der Waals surface area contributed by atoms with Gasteiger partial charge >= 0.3 is 0 Å². The summed E-state index contributed by atoms with van der Waals surface area (Å²) >= 11 is 0. The van der Waals surface area contributed by atoms with Crippen LogP contribution in [-0.2, 0) is 11.2 Å². The van der Waals surface area contributed by atoms with Crippen LogP contribution in [-0.4, -0.2) is 25.0 Å². The van der Waals surface area contributed by atoms with Crippen molar-refractivity contribution >= 4 is 18.3 Å². The maximum Gasteiger partial charge on any atom is 0.237 e. The van der Waals surface area contributed by atoms with Crippen molar-refractivity contribution in [1.29, 1.82) is 0 Å². The fourth-order valence-corrected chi connectivity index (χ4v) is 2.05. The molecular formula is C13H18ClFN2O. The van der Waals surface area contributed by atoms with Crippen molar-refractivity contribution in [2.75, 3.05) is 13.1 Å². The van der Waals surface area contributed by atoms with Crippen molar-refractivity contribution in [2.24, 2.45) is 0 Å². The highest BCUT2D eigenvalue weighted by molar-refractivity contribution is 5.85. The number of carbonyl (C=O) groups excluding carboxylic acids is 1. The molecule has 1 atom stereocenters. The van der Waals surface area contributed by atoms with Gasteiger partial charge in [0.1, 0.15) is 5.82 Å². The first-order valence-electron chi connectivity index (χ1n) is 6.01. The van der Waals surface area contributed by atoms with Gasteiger partial charge in [0.15, 0.2) is 0 Å². The minimum atomic E-state index is -0.230. The fraction of sp³-hybridized carbons (Fsp3) is 0.462. The molecule has 0 saturated carbocycles. The van der Waals surface area contributed by atoms with Crippen molar-refractivity contribution in [3.8, 4) is 0 Å². The largest absolute Gasteiger partial charge is 0.354 e. The Morgan fingerprint density at radius 2 is 2.33 bits per heavy atom. The number of benzene rings is 1. The van der Waals surface area contributed by atoms with E-state index in [1.165, 1.54) is 12.1 Å². The summed E-state index contributed by atoms with van der Waals surface area (Å²) in [7, 11) is 0. The zero-order valence-corrected chi connectivity index (χ0v) is 10.9. The molecule has 0 aromatic heterocycles. The summed E-state index contributed by atoms with van der Waals surface area (Å²) in [4.78, 5) is 11.7. The number of hydrogen-bond acceptors (Lipinski definition) is 2. The lowest BCUT2D eigenvalue weighted by molar-refractivity contribution is -0.122. The van der Waals surface area contributed by atoms with E-state index in [4.69, 9.17) is 0 Å². The van der Waals surface area contributed by atoms with Crippen LogP contribution in [0.1, 0.15) is 18.4 Å². The highest BCUT2D eigenvalue weighted by atomic mass is 35.5. The molecule has 0 spiro atoms. The van der Waals surface area contributed by atoms with Gasteiger partial charge in [-0.3, -0.25) is 4.79 Å². The molecule has 0 aliphatic carbocycles. The van der Waals surface area contributed by atoms with Crippen LogP contribution >= 0.6 is 12.4 Å². The summed E-state index contributed by atoms with van der Waals surface area (Å²) in [5.74, 6) is -0.176. The Balaban J connectivity index is 0.00000162. The monoisotopic (exact) mass is 272 g/mol. The molecule has 1 saturated heterocycles. The molecule has 1 fully saturated rings. The van der Waals surface area contributed by atoms with Gasteiger partial charge in [-0.15, -0.1) is 12.4 Å². The average Bonchev–Trinajstić information content (AvgIpc) is 2.82. The second kappa shape index (κ2) is 7.34. The van der Waals surface area contributed by atoms with Crippen LogP contribution in [0.4, 0.5) is 4.39 Å². The molecule has 100 valence electrons. The second-order valence-electron chi connectivity index (χ2n) is 4.32. The minimum Gasteiger partial charge on any atom is -0.354 e. The third-order valence-corrected chi connectivity index (χ3v) is 2.98. The van der Waals surface area contributed by atoms with Crippen molar-refractivity contribution < 1.29 is 9.18 Å². The SMILES string of the molecule is Cl.O=C(NCCc1cccc(F)c1)C1CCCN1. The summed E-state index contributed by atoms with van der Waals surface area (Å²) in [5, 5.41) is 6.01. The number of halogens is 2. The standard InChI is InChI=1S/C13H17FN2O.ClH/c14-11-4-1-3-10(9-11)6-8-16-13(17)12-5-2-7-15-12;/h1,3-4,9,12,15H,2,5-8H2,(H,16,17);1H. The van der Waals surface area contributed by atoms with E-state index in [1.54, 1.807) is 6.07 Å². The van der Waals surface area contributed by atoms with Gasteiger partial charge in [0.25, 0.3) is 0 Å². The van der Waals surface area contributed by atoms with E-state index in [1.807, 2.05) is 6.07 Å². The third kappa shape index (κ3) is 4.27. The Labute approximate surface area is 113 Å². The number of rotatable bonds is 4. The van der Waals surface area contributed by atoms with Crippen molar-refractivity contribution in [3.05, 3.63) is 35.6 Å². The number of amides is 1. The lowest BCUT2D eigenvalue weighted by Gasteiger charge is -2.10. The molecular weight excluding hydrogens is 255 g/mol. The Bertz CT molecular complexity index is 394. The van der Waals surface area contributed by atoms with Gasteiger partial charge in [-0.2, -0.15) is 0 Å². The third-order valence-electron chi connectivity index (χ3n) is 2.98. The average molecular weight is 273 g/mol. The molecule has 1 amide bonds. The van der Waals surface area contributed by atoms with Gasteiger partial charge in [0.2, 0.25) is 5.91 Å². The first-order chi connectivity index (χ1) is 8.25. The van der Waals surface area contributed by atoms with E-state index in [9.17, 15) is 9.18 Å². The van der Waals surface area contributed by atoms with E-state index in [0.717, 1.165) is 24.9 Å². The Morgan fingerprint density at radius 3 is 3.00 bits per heavy atom. The number of hydrogen-bond donors (Lipinski definition) is 2. The van der Waals surface area contributed by atoms with E-state index in [2.05, 4.69) is 10.6 Å². The molecule has 2 N–H and O–H groups in total. The summed E-state index contributed by atoms with van der Waals surface area (Å²) in [6.45, 7) is 1.47. The van der Waals surface area contributed by atoms with Crippen LogP contribution in [0.15, 0.2) is 24.3 Å². The van der Waals surface area contributed by atoms with Gasteiger partial charge in [0, 0.05) is 6.54 Å². The molecule has 1 aliphatic rings. The number of nitrogens with one attached hydrogen (secondary N) is 2. The molecule has 3 nitrogen and oxygen atoms in total. The quantitative estimate of drug-likeness (QED) is 0.875. The molecule has 1 heterocycles. The smallest absolute Gasteiger partial charge is 0.237 e. The molecule has 5 heteroatoms. The maximum atomic E-state index is 12.9. The lowest BCUT2D eigenvalue weighted by atomic mass is 10.1. The van der Waals surface area contributed by atoms with Crippen LogP contribution < -0.4 is 10.6 Å². The topological polar surface area (TPSA) is 41.1 Å². The first-order valence-corrected chi connectivity index (χ1v) is 6.01. The van der Waals surface area contributed by atoms with Crippen LogP contribution in [0.5, 0.6) is 0 Å². The van der Waals surface area contributed by atoms with Crippen LogP contribution in [0.2, 0.25) is 0 Å². The first kappa shape index (κ1) is 14.9. The molecule has 18 heavy (non-hydrogen) atoms. The highest BCUT2D eigenvalue weighted by Crippen LogP contribution is 2.05. The van der Waals surface area contributed by atoms with Gasteiger partial charge in [-0.05, 0) is 43.5 Å². The lowest BCUT2D eigenvalue weighted by Crippen LogP contribution is -2.41. The molecule has 1 aromatic rings. The van der Waals surface area contributed by atoms with Crippen LogP contribution in [0.25, 0.3) is 0 Å². The van der Waals surface area contributed by atoms with Crippen LogP contribution in [0.3, 0.4) is 0 Å². The van der Waals surface area contributed by atoms with Gasteiger partial charge < -0.3 is 10.6 Å². The molecule has 0 bridgehead atoms. The minimum absolute atomic E-state index is 0. The Kier molecular flexibility index (Phi) is 6.09. The summed E-state index contributed by atoms with van der Waals surface area (Å²) in [6, 6.07) is 6.43. The van der Waals surface area contributed by atoms with E-state index < -0.39 is 0 Å². The zero-order chi connectivity index (χ0) is 12.1. The van der Waals surface area contributed by atoms with Gasteiger partial charge in [-0.25, -0.2) is 4.39 Å². The van der Waals surface area contributed by atoms with Crippen molar-refractivity contribution in [2.45, 2.75) is 25.3 Å². The summed E-state index contributed by atoms with van der Waals surface area (Å²) in [5.41, 5.74) is 0.907. The van der Waals surface area contributed by atoms with E-state index >= 15 is 0 Å². The molecule has 2 rings (SSSR count). The fourth-order valence-electron chi connectivity index (χ4n) is 2.05. The van der Waals surface area contributed by atoms with Crippen LogP contribution in [0, 0.1) is 5.82 Å². The molecule has 1 aromatic carbocycles. The predicted molar refractivity (Wildman–Crippen MR) is 71.4 cm³/mol. The molecule has 1 unspecified atom stereocenters. The van der Waals surface area contributed by atoms with E-state index in [-0.39, 0.29) is 30.2 Å². The van der Waals surface area contributed by atoms with E-state index in [0.29, 0.717) is 13.0 Å². The van der Waals surface area contributed by atoms with Gasteiger partial charge in [-0.1, -0.05) is 12.1 Å². The summed E-state index contributed by atoms with van der Waals surface area (Å²) < 4.78 is 12.9.